The van der Waals surface area contributed by atoms with Crippen molar-refractivity contribution in [1.29, 1.82) is 0 Å². The number of halogens is 1. The molecule has 3 nitrogen and oxygen atoms in total. The van der Waals surface area contributed by atoms with Gasteiger partial charge in [-0.3, -0.25) is 0 Å². The lowest BCUT2D eigenvalue weighted by Crippen LogP contribution is -2.26. The average Bonchev–Trinajstić information content (AvgIpc) is 3.56. The maximum Gasteiger partial charge on any atom is 0.125 e. The van der Waals surface area contributed by atoms with Crippen LogP contribution in [0.15, 0.2) is 73.1 Å². The number of nitrogens with zero attached hydrogens (tertiary/aromatic N) is 2. The lowest BCUT2D eigenvalue weighted by Gasteiger charge is -2.28. The molecule has 0 aliphatic carbocycles. The molecule has 0 saturated heterocycles. The molecule has 4 heteroatoms. The Balaban J connectivity index is 1.45. The molecule has 3 aromatic carbocycles. The number of benzene rings is 3. The number of hydrogen-bond acceptors (Lipinski definition) is 0. The molecule has 1 N–H and O–H groups in total. The van der Waals surface area contributed by atoms with Crippen LogP contribution in [0, 0.1) is 19.7 Å². The molecule has 0 bridgehead atoms. The fraction of sp³-hybridized carbons (Fsp3) is 0.368. The van der Waals surface area contributed by atoms with E-state index in [1.54, 1.807) is 12.1 Å². The van der Waals surface area contributed by atoms with Crippen molar-refractivity contribution in [3.8, 4) is 0 Å². The van der Waals surface area contributed by atoms with E-state index in [0.717, 1.165) is 24.0 Å². The predicted octanol–water partition coefficient (Wildman–Crippen LogP) is 10.1. The minimum absolute atomic E-state index is 0.0619. The molecular weight excluding hydrogens is 517 g/mol. The first kappa shape index (κ1) is 28.3. The Hall–Kier alpha value is -3.79. The van der Waals surface area contributed by atoms with Gasteiger partial charge in [0, 0.05) is 74.7 Å². The molecule has 6 aromatic rings. The van der Waals surface area contributed by atoms with Crippen LogP contribution in [0.1, 0.15) is 76.4 Å². The topological polar surface area (TPSA) is 25.6 Å². The van der Waals surface area contributed by atoms with E-state index in [2.05, 4.69) is 131 Å². The number of nitrogens with one attached hydrogen (secondary N) is 1. The van der Waals surface area contributed by atoms with Gasteiger partial charge in [-0.05, 0) is 71.8 Å². The zero-order valence-corrected chi connectivity index (χ0v) is 26.6. The number of aromatic nitrogens is 3. The van der Waals surface area contributed by atoms with E-state index in [0.29, 0.717) is 0 Å². The molecule has 0 unspecified atom stereocenters. The van der Waals surface area contributed by atoms with E-state index < -0.39 is 0 Å². The number of aromatic amines is 1. The van der Waals surface area contributed by atoms with Crippen molar-refractivity contribution in [2.24, 2.45) is 0 Å². The molecule has 0 spiro atoms. The first-order valence-corrected chi connectivity index (χ1v) is 15.1. The van der Waals surface area contributed by atoms with Gasteiger partial charge in [-0.2, -0.15) is 0 Å². The minimum Gasteiger partial charge on any atom is -0.361 e. The van der Waals surface area contributed by atoms with Gasteiger partial charge in [0.25, 0.3) is 0 Å². The monoisotopic (exact) mass is 561 g/mol. The van der Waals surface area contributed by atoms with Gasteiger partial charge in [-0.1, -0.05) is 78.8 Å². The van der Waals surface area contributed by atoms with Crippen LogP contribution in [0.5, 0.6) is 0 Å². The lowest BCUT2D eigenvalue weighted by molar-refractivity contribution is 0.427. The third-order valence-electron chi connectivity index (χ3n) is 9.24. The normalized spacial score (nSPS) is 13.2. The van der Waals surface area contributed by atoms with Crippen LogP contribution in [0.3, 0.4) is 0 Å². The van der Waals surface area contributed by atoms with Crippen LogP contribution in [0.4, 0.5) is 4.39 Å². The summed E-state index contributed by atoms with van der Waals surface area (Å²) < 4.78 is 18.9. The molecule has 0 saturated carbocycles. The second-order valence-electron chi connectivity index (χ2n) is 14.7. The molecule has 0 aliphatic rings. The first-order chi connectivity index (χ1) is 19.7. The molecule has 3 aromatic heterocycles. The summed E-state index contributed by atoms with van der Waals surface area (Å²) in [5, 5.41) is 3.75. The van der Waals surface area contributed by atoms with Crippen molar-refractivity contribution >= 4 is 32.7 Å². The summed E-state index contributed by atoms with van der Waals surface area (Å²) in [7, 11) is 0. The second-order valence-corrected chi connectivity index (χ2v) is 14.7. The Morgan fingerprint density at radius 2 is 1.40 bits per heavy atom. The Labute approximate surface area is 249 Å². The largest absolute Gasteiger partial charge is 0.361 e. The van der Waals surface area contributed by atoms with Crippen LogP contribution < -0.4 is 0 Å². The number of rotatable bonds is 6. The average molecular weight is 562 g/mol. The zero-order chi connectivity index (χ0) is 30.2. The van der Waals surface area contributed by atoms with E-state index in [1.165, 1.54) is 49.8 Å². The van der Waals surface area contributed by atoms with Crippen LogP contribution in [-0.2, 0) is 29.3 Å². The van der Waals surface area contributed by atoms with Gasteiger partial charge < -0.3 is 14.1 Å². The number of aryl methyl sites for hydroxylation is 1. The van der Waals surface area contributed by atoms with Gasteiger partial charge in [-0.25, -0.2) is 4.39 Å². The Morgan fingerprint density at radius 3 is 2.14 bits per heavy atom. The van der Waals surface area contributed by atoms with Gasteiger partial charge in [-0.15, -0.1) is 0 Å². The van der Waals surface area contributed by atoms with Crippen molar-refractivity contribution < 1.29 is 4.39 Å². The quantitative estimate of drug-likeness (QED) is 0.209. The Morgan fingerprint density at radius 1 is 0.714 bits per heavy atom. The van der Waals surface area contributed by atoms with Gasteiger partial charge >= 0.3 is 0 Å². The smallest absolute Gasteiger partial charge is 0.125 e. The van der Waals surface area contributed by atoms with Crippen molar-refractivity contribution in [2.75, 3.05) is 0 Å². The molecule has 218 valence electrons. The fourth-order valence-electron chi connectivity index (χ4n) is 7.30. The van der Waals surface area contributed by atoms with Crippen molar-refractivity contribution in [1.82, 2.24) is 14.1 Å². The summed E-state index contributed by atoms with van der Waals surface area (Å²) in [6.45, 7) is 22.5. The van der Waals surface area contributed by atoms with E-state index >= 15 is 0 Å². The van der Waals surface area contributed by atoms with Crippen LogP contribution in [-0.4, -0.2) is 14.1 Å². The van der Waals surface area contributed by atoms with Crippen LogP contribution in [0.25, 0.3) is 32.7 Å². The highest BCUT2D eigenvalue weighted by Crippen LogP contribution is 2.41. The van der Waals surface area contributed by atoms with Crippen molar-refractivity contribution in [2.45, 2.75) is 91.6 Å². The SMILES string of the molecule is Cc1ccc2c(C(C)(C)Cn3c(C)c(C(C)(C)C)c4ccccc43)cn(CC(C)(C)c3c[nH]c4cc(F)ccc34)c2c1. The highest BCUT2D eigenvalue weighted by molar-refractivity contribution is 5.88. The minimum atomic E-state index is -0.215. The van der Waals surface area contributed by atoms with E-state index in [4.69, 9.17) is 0 Å². The maximum absolute atomic E-state index is 13.9. The summed E-state index contributed by atoms with van der Waals surface area (Å²) in [6, 6.07) is 20.8. The Kier molecular flexibility index (Phi) is 6.49. The number of H-pyrrole nitrogens is 1. The Bertz CT molecular complexity index is 1950. The summed E-state index contributed by atoms with van der Waals surface area (Å²) in [5.74, 6) is -0.215. The van der Waals surface area contributed by atoms with E-state index in [-0.39, 0.29) is 22.1 Å². The summed E-state index contributed by atoms with van der Waals surface area (Å²) in [6.07, 6.45) is 4.45. The van der Waals surface area contributed by atoms with Gasteiger partial charge in [0.15, 0.2) is 0 Å². The predicted molar refractivity (Wildman–Crippen MR) is 176 cm³/mol. The van der Waals surface area contributed by atoms with Gasteiger partial charge in [0.1, 0.15) is 5.82 Å². The highest BCUT2D eigenvalue weighted by atomic mass is 19.1. The standard InChI is InChI=1S/C38H44FN3/c1-24-14-16-28-31(38(8,9)23-42-25(2)35(36(3,4)5)29-12-10-11-13-33(29)42)21-41(34(28)18-24)22-37(6,7)30-20-40-32-19-26(39)15-17-27(30)32/h10-21,40H,22-23H2,1-9H3. The molecule has 0 amide bonds. The lowest BCUT2D eigenvalue weighted by atomic mass is 9.83. The fourth-order valence-corrected chi connectivity index (χ4v) is 7.30. The summed E-state index contributed by atoms with van der Waals surface area (Å²) in [4.78, 5) is 3.30. The van der Waals surface area contributed by atoms with E-state index in [9.17, 15) is 4.39 Å². The maximum atomic E-state index is 13.9. The summed E-state index contributed by atoms with van der Waals surface area (Å²) >= 11 is 0. The number of fused-ring (bicyclic) bond motifs is 3. The van der Waals surface area contributed by atoms with Crippen LogP contribution >= 0.6 is 0 Å². The molecule has 3 heterocycles. The molecule has 0 radical (unpaired) electrons. The van der Waals surface area contributed by atoms with Gasteiger partial charge in [0.2, 0.25) is 0 Å². The molecule has 6 rings (SSSR count). The number of para-hydroxylation sites is 1. The van der Waals surface area contributed by atoms with E-state index in [1.807, 2.05) is 6.07 Å². The third kappa shape index (κ3) is 4.65. The molecule has 0 aliphatic heterocycles. The second kappa shape index (κ2) is 9.62. The molecular formula is C38H44FN3. The van der Waals surface area contributed by atoms with Crippen molar-refractivity contribution in [3.63, 3.8) is 0 Å². The van der Waals surface area contributed by atoms with Crippen molar-refractivity contribution in [3.05, 3.63) is 107 Å². The number of hydrogen-bond donors (Lipinski definition) is 1. The third-order valence-corrected chi connectivity index (χ3v) is 9.24. The molecule has 0 fully saturated rings. The highest BCUT2D eigenvalue weighted by Gasteiger charge is 2.32. The molecule has 0 atom stereocenters. The first-order valence-electron chi connectivity index (χ1n) is 15.1. The van der Waals surface area contributed by atoms with Crippen LogP contribution in [0.2, 0.25) is 0 Å². The summed E-state index contributed by atoms with van der Waals surface area (Å²) in [5.41, 5.74) is 9.80. The zero-order valence-electron chi connectivity index (χ0n) is 26.6. The van der Waals surface area contributed by atoms with Gasteiger partial charge in [0.05, 0.1) is 0 Å². The molecule has 42 heavy (non-hydrogen) atoms.